The number of allylic oxidation sites excluding steroid dienone is 2. The van der Waals surface area contributed by atoms with Crippen LogP contribution in [-0.4, -0.2) is 26.8 Å². The molecule has 3 aromatic rings. The first-order valence-corrected chi connectivity index (χ1v) is 9.16. The number of rotatable bonds is 5. The number of nitrogens with one attached hydrogen (secondary N) is 1. The van der Waals surface area contributed by atoms with Gasteiger partial charge < -0.3 is 5.32 Å². The van der Waals surface area contributed by atoms with Crippen molar-refractivity contribution in [1.29, 1.82) is 0 Å². The number of aryl methyl sites for hydroxylation is 2. The first-order chi connectivity index (χ1) is 13.8. The van der Waals surface area contributed by atoms with E-state index in [0.29, 0.717) is 22.6 Å². The third kappa shape index (κ3) is 4.39. The molecule has 0 saturated carbocycles. The number of anilines is 1. The molecule has 7 heteroatoms. The Bertz CT molecular complexity index is 1060. The molecule has 2 aromatic heterocycles. The summed E-state index contributed by atoms with van der Waals surface area (Å²) in [4.78, 5) is 16.7. The highest BCUT2D eigenvalue weighted by atomic mass is 19.1. The maximum atomic E-state index is 13.8. The van der Waals surface area contributed by atoms with Crippen molar-refractivity contribution >= 4 is 17.3 Å². The Kier molecular flexibility index (Phi) is 5.87. The minimum absolute atomic E-state index is 0.0677. The van der Waals surface area contributed by atoms with Gasteiger partial charge in [0.1, 0.15) is 17.8 Å². The van der Waals surface area contributed by atoms with Gasteiger partial charge in [0.25, 0.3) is 5.91 Å². The molecule has 0 spiro atoms. The van der Waals surface area contributed by atoms with E-state index < -0.39 is 12.0 Å². The molecule has 0 bridgehead atoms. The number of pyridine rings is 1. The third-order valence-electron chi connectivity index (χ3n) is 4.62. The summed E-state index contributed by atoms with van der Waals surface area (Å²) in [6, 6.07) is 12.4. The highest BCUT2D eigenvalue weighted by Crippen LogP contribution is 2.28. The van der Waals surface area contributed by atoms with Gasteiger partial charge >= 0.3 is 0 Å². The molecule has 0 radical (unpaired) electrons. The second kappa shape index (κ2) is 8.34. The summed E-state index contributed by atoms with van der Waals surface area (Å²) in [6.07, 6.45) is 0.110. The van der Waals surface area contributed by atoms with Crippen molar-refractivity contribution in [2.24, 2.45) is 7.05 Å². The van der Waals surface area contributed by atoms with E-state index in [2.05, 4.69) is 15.4 Å². The number of aromatic nitrogens is 3. The minimum Gasteiger partial charge on any atom is -0.307 e. The van der Waals surface area contributed by atoms with Gasteiger partial charge in [-0.1, -0.05) is 18.2 Å². The van der Waals surface area contributed by atoms with Crippen LogP contribution >= 0.6 is 0 Å². The molecule has 0 aliphatic heterocycles. The number of hydrogen-bond donors (Lipinski definition) is 1. The zero-order valence-corrected chi connectivity index (χ0v) is 16.7. The van der Waals surface area contributed by atoms with Crippen molar-refractivity contribution in [1.82, 2.24) is 14.8 Å². The number of alkyl halides is 1. The van der Waals surface area contributed by atoms with Crippen molar-refractivity contribution in [2.75, 3.05) is 5.32 Å². The molecule has 1 atom stereocenters. The molecule has 29 heavy (non-hydrogen) atoms. The maximum absolute atomic E-state index is 13.8. The molecule has 5 nitrogen and oxygen atoms in total. The molecule has 0 aliphatic carbocycles. The third-order valence-corrected chi connectivity index (χ3v) is 4.62. The molecule has 0 saturated heterocycles. The minimum atomic E-state index is -1.47. The van der Waals surface area contributed by atoms with Crippen LogP contribution in [0.3, 0.4) is 0 Å². The van der Waals surface area contributed by atoms with Gasteiger partial charge in [0.15, 0.2) is 0 Å². The van der Waals surface area contributed by atoms with Gasteiger partial charge in [-0.2, -0.15) is 5.10 Å². The Morgan fingerprint density at radius 1 is 1.21 bits per heavy atom. The first kappa shape index (κ1) is 20.4. The van der Waals surface area contributed by atoms with Crippen molar-refractivity contribution < 1.29 is 13.6 Å². The van der Waals surface area contributed by atoms with Crippen LogP contribution in [0.2, 0.25) is 0 Å². The SMILES string of the molecule is C/C(F)=C(/c1cc(-c2ccc(NC(=O)c3ccccc3C)nc2)n(C)n1)C(C)F. The van der Waals surface area contributed by atoms with E-state index >= 15 is 0 Å². The molecule has 0 fully saturated rings. The molecule has 1 amide bonds. The zero-order valence-electron chi connectivity index (χ0n) is 16.7. The second-order valence-corrected chi connectivity index (χ2v) is 6.80. The van der Waals surface area contributed by atoms with E-state index in [9.17, 15) is 13.6 Å². The summed E-state index contributed by atoms with van der Waals surface area (Å²) in [5.41, 5.74) is 3.00. The number of carbonyl (C=O) groups excluding carboxylic acids is 1. The maximum Gasteiger partial charge on any atom is 0.257 e. The number of amides is 1. The van der Waals surface area contributed by atoms with E-state index in [1.807, 2.05) is 19.1 Å². The predicted octanol–water partition coefficient (Wildman–Crippen LogP) is 5.10. The molecule has 2 heterocycles. The van der Waals surface area contributed by atoms with Crippen molar-refractivity contribution in [3.63, 3.8) is 0 Å². The van der Waals surface area contributed by atoms with Gasteiger partial charge in [0.05, 0.1) is 11.4 Å². The number of halogens is 2. The van der Waals surface area contributed by atoms with E-state index in [4.69, 9.17) is 0 Å². The van der Waals surface area contributed by atoms with E-state index in [0.717, 1.165) is 5.56 Å². The van der Waals surface area contributed by atoms with Crippen LogP contribution in [0.1, 0.15) is 35.5 Å². The van der Waals surface area contributed by atoms with Gasteiger partial charge in [-0.15, -0.1) is 0 Å². The van der Waals surface area contributed by atoms with Crippen LogP contribution in [0.15, 0.2) is 54.5 Å². The van der Waals surface area contributed by atoms with Crippen LogP contribution < -0.4 is 5.32 Å². The molecular weight excluding hydrogens is 374 g/mol. The largest absolute Gasteiger partial charge is 0.307 e. The number of benzene rings is 1. The standard InChI is InChI=1S/C22H22F2N4O/c1-13-7-5-6-8-17(13)22(29)26-20-10-9-16(12-25-20)19-11-18(27-28(19)4)21(14(2)23)15(3)24/h5-12,14H,1-4H3,(H,25,26,29)/b21-15-. The van der Waals surface area contributed by atoms with Crippen molar-refractivity contribution in [2.45, 2.75) is 26.9 Å². The zero-order chi connectivity index (χ0) is 21.1. The average molecular weight is 396 g/mol. The van der Waals surface area contributed by atoms with Crippen molar-refractivity contribution in [3.05, 3.63) is 71.3 Å². The quantitative estimate of drug-likeness (QED) is 0.653. The molecule has 3 rings (SSSR count). The highest BCUT2D eigenvalue weighted by molar-refractivity contribution is 6.04. The lowest BCUT2D eigenvalue weighted by Crippen LogP contribution is -2.14. The Balaban J connectivity index is 1.83. The monoisotopic (exact) mass is 396 g/mol. The van der Waals surface area contributed by atoms with Gasteiger partial charge in [-0.05, 0) is 50.6 Å². The topological polar surface area (TPSA) is 59.8 Å². The van der Waals surface area contributed by atoms with Crippen molar-refractivity contribution in [3.8, 4) is 11.3 Å². The summed E-state index contributed by atoms with van der Waals surface area (Å²) in [7, 11) is 1.70. The predicted molar refractivity (Wildman–Crippen MR) is 110 cm³/mol. The van der Waals surface area contributed by atoms with E-state index in [1.54, 1.807) is 48.3 Å². The normalized spacial score (nSPS) is 13.0. The number of hydrogen-bond acceptors (Lipinski definition) is 3. The second-order valence-electron chi connectivity index (χ2n) is 6.80. The van der Waals surface area contributed by atoms with Crippen LogP contribution in [0.25, 0.3) is 16.8 Å². The fraction of sp³-hybridized carbons (Fsp3) is 0.227. The lowest BCUT2D eigenvalue weighted by molar-refractivity contribution is 0.102. The van der Waals surface area contributed by atoms with Gasteiger partial charge in [0.2, 0.25) is 0 Å². The van der Waals surface area contributed by atoms with Gasteiger partial charge in [-0.3, -0.25) is 9.48 Å². The molecule has 1 unspecified atom stereocenters. The number of carbonyl (C=O) groups is 1. The fourth-order valence-corrected chi connectivity index (χ4v) is 3.15. The summed E-state index contributed by atoms with van der Waals surface area (Å²) >= 11 is 0. The highest BCUT2D eigenvalue weighted by Gasteiger charge is 2.19. The van der Waals surface area contributed by atoms with Gasteiger partial charge in [-0.25, -0.2) is 13.8 Å². The summed E-state index contributed by atoms with van der Waals surface area (Å²) in [5.74, 6) is -0.435. The number of nitrogens with zero attached hydrogens (tertiary/aromatic N) is 3. The Morgan fingerprint density at radius 3 is 2.52 bits per heavy atom. The van der Waals surface area contributed by atoms with Gasteiger partial charge in [0, 0.05) is 29.9 Å². The molecule has 1 aromatic carbocycles. The van der Waals surface area contributed by atoms with Crippen LogP contribution in [0.5, 0.6) is 0 Å². The lowest BCUT2D eigenvalue weighted by Gasteiger charge is -2.08. The Labute approximate surface area is 168 Å². The smallest absolute Gasteiger partial charge is 0.257 e. The molecule has 0 aliphatic rings. The Morgan fingerprint density at radius 2 is 1.93 bits per heavy atom. The van der Waals surface area contributed by atoms with Crippen LogP contribution in [-0.2, 0) is 7.05 Å². The fourth-order valence-electron chi connectivity index (χ4n) is 3.15. The van der Waals surface area contributed by atoms with Crippen LogP contribution in [0.4, 0.5) is 14.6 Å². The summed E-state index contributed by atoms with van der Waals surface area (Å²) in [6.45, 7) is 4.36. The van der Waals surface area contributed by atoms with E-state index in [1.165, 1.54) is 13.8 Å². The summed E-state index contributed by atoms with van der Waals surface area (Å²) in [5, 5.41) is 7.00. The Hall–Kier alpha value is -3.35. The molecule has 1 N–H and O–H groups in total. The first-order valence-electron chi connectivity index (χ1n) is 9.16. The average Bonchev–Trinajstić information content (AvgIpc) is 3.03. The lowest BCUT2D eigenvalue weighted by atomic mass is 10.1. The van der Waals surface area contributed by atoms with E-state index in [-0.39, 0.29) is 17.2 Å². The molecule has 150 valence electrons. The molecular formula is C22H22F2N4O. The summed E-state index contributed by atoms with van der Waals surface area (Å²) < 4.78 is 29.1. The van der Waals surface area contributed by atoms with Crippen LogP contribution in [0, 0.1) is 6.92 Å².